The van der Waals surface area contributed by atoms with Gasteiger partial charge in [-0.15, -0.1) is 0 Å². The molecule has 0 heterocycles. The van der Waals surface area contributed by atoms with Crippen molar-refractivity contribution in [2.45, 2.75) is 39.3 Å². The van der Waals surface area contributed by atoms with Gasteiger partial charge in [0, 0.05) is 5.56 Å². The summed E-state index contributed by atoms with van der Waals surface area (Å²) in [5.41, 5.74) is -0.195. The molecule has 0 radical (unpaired) electrons. The lowest BCUT2D eigenvalue weighted by molar-refractivity contribution is -0.144. The van der Waals surface area contributed by atoms with E-state index in [1.54, 1.807) is 51.1 Å². The predicted molar refractivity (Wildman–Crippen MR) is 80.6 cm³/mol. The number of carbonyl (C=O) groups excluding carboxylic acids is 3. The number of hydrogen-bond acceptors (Lipinski definition) is 5. The molecule has 0 aliphatic carbocycles. The normalized spacial score (nSPS) is 12.2. The Morgan fingerprint density at radius 1 is 1.14 bits per heavy atom. The van der Waals surface area contributed by atoms with Crippen LogP contribution in [-0.4, -0.2) is 36.1 Å². The van der Waals surface area contributed by atoms with Crippen LogP contribution in [0.2, 0.25) is 0 Å². The fourth-order valence-corrected chi connectivity index (χ4v) is 1.51. The summed E-state index contributed by atoms with van der Waals surface area (Å²) < 4.78 is 9.92. The molecule has 0 aromatic heterocycles. The van der Waals surface area contributed by atoms with E-state index in [9.17, 15) is 14.4 Å². The summed E-state index contributed by atoms with van der Waals surface area (Å²) in [6.45, 7) is 6.23. The maximum Gasteiger partial charge on any atom is 0.408 e. The van der Waals surface area contributed by atoms with Crippen LogP contribution in [-0.2, 0) is 14.3 Å². The first-order valence-corrected chi connectivity index (χ1v) is 6.93. The van der Waals surface area contributed by atoms with E-state index in [1.807, 2.05) is 0 Å². The summed E-state index contributed by atoms with van der Waals surface area (Å²) in [5.74, 6) is -1.01. The Morgan fingerprint density at radius 2 is 1.73 bits per heavy atom. The van der Waals surface area contributed by atoms with Gasteiger partial charge in [0.2, 0.25) is 0 Å². The van der Waals surface area contributed by atoms with Crippen molar-refractivity contribution >= 4 is 17.8 Å². The number of ether oxygens (including phenoxy) is 2. The maximum atomic E-state index is 11.8. The molecule has 1 rings (SSSR count). The number of amides is 1. The third kappa shape index (κ3) is 6.39. The Labute approximate surface area is 129 Å². The molecule has 0 aliphatic rings. The molecule has 1 amide bonds. The molecule has 0 aliphatic heterocycles. The molecule has 120 valence electrons. The molecule has 0 saturated carbocycles. The number of ketones is 1. The lowest BCUT2D eigenvalue weighted by Crippen LogP contribution is -2.42. The molecular formula is C16H21NO5. The number of Topliss-reactive ketones (excluding diaryl/α,β-unsaturated/α-hetero) is 1. The fourth-order valence-electron chi connectivity index (χ4n) is 1.51. The zero-order valence-corrected chi connectivity index (χ0v) is 13.2. The van der Waals surface area contributed by atoms with E-state index < -0.39 is 23.7 Å². The molecular weight excluding hydrogens is 286 g/mol. The second kappa shape index (κ2) is 7.59. The van der Waals surface area contributed by atoms with Crippen molar-refractivity contribution in [1.29, 1.82) is 0 Å². The minimum atomic E-state index is -0.904. The fraction of sp³-hybridized carbons (Fsp3) is 0.438. The van der Waals surface area contributed by atoms with Gasteiger partial charge in [0.05, 0.1) is 0 Å². The van der Waals surface area contributed by atoms with Gasteiger partial charge >= 0.3 is 12.1 Å². The topological polar surface area (TPSA) is 81.7 Å². The van der Waals surface area contributed by atoms with Crippen LogP contribution in [0.25, 0.3) is 0 Å². The molecule has 0 spiro atoms. The average Bonchev–Trinajstić information content (AvgIpc) is 2.43. The van der Waals surface area contributed by atoms with Crippen molar-refractivity contribution in [3.05, 3.63) is 35.9 Å². The Balaban J connectivity index is 2.42. The standard InChI is InChI=1S/C16H21NO5/c1-11(17-15(20)22-16(2,3)4)14(19)21-10-13(18)12-8-6-5-7-9-12/h5-9,11H,10H2,1-4H3,(H,17,20)/t11-/m0/s1. The highest BCUT2D eigenvalue weighted by atomic mass is 16.6. The van der Waals surface area contributed by atoms with Crippen LogP contribution in [0.15, 0.2) is 30.3 Å². The van der Waals surface area contributed by atoms with Crippen LogP contribution in [0.1, 0.15) is 38.1 Å². The smallest absolute Gasteiger partial charge is 0.408 e. The lowest BCUT2D eigenvalue weighted by atomic mass is 10.1. The van der Waals surface area contributed by atoms with Crippen molar-refractivity contribution in [3.8, 4) is 0 Å². The lowest BCUT2D eigenvalue weighted by Gasteiger charge is -2.21. The number of carbonyl (C=O) groups is 3. The number of hydrogen-bond donors (Lipinski definition) is 1. The van der Waals surface area contributed by atoms with Gasteiger partial charge in [0.1, 0.15) is 11.6 Å². The molecule has 1 aromatic rings. The number of esters is 1. The third-order valence-corrected chi connectivity index (χ3v) is 2.53. The summed E-state index contributed by atoms with van der Waals surface area (Å²) in [6, 6.07) is 7.61. The number of benzene rings is 1. The first-order chi connectivity index (χ1) is 10.2. The van der Waals surface area contributed by atoms with E-state index >= 15 is 0 Å². The van der Waals surface area contributed by atoms with Gasteiger partial charge in [0.15, 0.2) is 12.4 Å². The molecule has 0 saturated heterocycles. The Morgan fingerprint density at radius 3 is 2.27 bits per heavy atom. The van der Waals surface area contributed by atoms with E-state index in [-0.39, 0.29) is 12.4 Å². The Kier molecular flexibility index (Phi) is 6.10. The summed E-state index contributed by atoms with van der Waals surface area (Å²) in [7, 11) is 0. The van der Waals surface area contributed by atoms with E-state index in [0.29, 0.717) is 5.56 Å². The maximum absolute atomic E-state index is 11.8. The van der Waals surface area contributed by atoms with Crippen molar-refractivity contribution in [2.75, 3.05) is 6.61 Å². The first kappa shape index (κ1) is 17.7. The second-order valence-corrected chi connectivity index (χ2v) is 5.76. The summed E-state index contributed by atoms with van der Waals surface area (Å²) in [4.78, 5) is 35.1. The van der Waals surface area contributed by atoms with Crippen molar-refractivity contribution < 1.29 is 23.9 Å². The number of rotatable bonds is 5. The van der Waals surface area contributed by atoms with Gasteiger partial charge in [-0.2, -0.15) is 0 Å². The highest BCUT2D eigenvalue weighted by Crippen LogP contribution is 2.07. The molecule has 1 atom stereocenters. The minimum Gasteiger partial charge on any atom is -0.456 e. The SMILES string of the molecule is C[C@H](NC(=O)OC(C)(C)C)C(=O)OCC(=O)c1ccccc1. The highest BCUT2D eigenvalue weighted by Gasteiger charge is 2.22. The van der Waals surface area contributed by atoms with E-state index in [4.69, 9.17) is 9.47 Å². The van der Waals surface area contributed by atoms with Crippen molar-refractivity contribution in [3.63, 3.8) is 0 Å². The zero-order chi connectivity index (χ0) is 16.8. The zero-order valence-electron chi connectivity index (χ0n) is 13.2. The van der Waals surface area contributed by atoms with Crippen LogP contribution in [0.3, 0.4) is 0 Å². The van der Waals surface area contributed by atoms with Gasteiger partial charge in [-0.25, -0.2) is 9.59 Å². The predicted octanol–water partition coefficient (Wildman–Crippen LogP) is 2.33. The largest absolute Gasteiger partial charge is 0.456 e. The van der Waals surface area contributed by atoms with Gasteiger partial charge in [0.25, 0.3) is 0 Å². The van der Waals surface area contributed by atoms with Crippen LogP contribution in [0.4, 0.5) is 4.79 Å². The Hall–Kier alpha value is -2.37. The van der Waals surface area contributed by atoms with E-state index in [0.717, 1.165) is 0 Å². The van der Waals surface area contributed by atoms with E-state index in [2.05, 4.69) is 5.32 Å². The summed E-state index contributed by atoms with van der Waals surface area (Å²) >= 11 is 0. The highest BCUT2D eigenvalue weighted by molar-refractivity contribution is 5.98. The summed E-state index contributed by atoms with van der Waals surface area (Å²) in [5, 5.41) is 2.35. The first-order valence-electron chi connectivity index (χ1n) is 6.93. The molecule has 0 unspecified atom stereocenters. The molecule has 6 nitrogen and oxygen atoms in total. The van der Waals surface area contributed by atoms with Gasteiger partial charge < -0.3 is 14.8 Å². The quantitative estimate of drug-likeness (QED) is 0.667. The number of nitrogens with one attached hydrogen (secondary N) is 1. The Bertz CT molecular complexity index is 533. The molecule has 6 heteroatoms. The second-order valence-electron chi connectivity index (χ2n) is 5.76. The molecule has 0 fully saturated rings. The number of alkyl carbamates (subject to hydrolysis) is 1. The van der Waals surface area contributed by atoms with Crippen LogP contribution in [0.5, 0.6) is 0 Å². The minimum absolute atomic E-state index is 0.307. The molecule has 22 heavy (non-hydrogen) atoms. The monoisotopic (exact) mass is 307 g/mol. The van der Waals surface area contributed by atoms with Crippen molar-refractivity contribution in [2.24, 2.45) is 0 Å². The molecule has 0 bridgehead atoms. The molecule has 1 N–H and O–H groups in total. The van der Waals surface area contributed by atoms with Gasteiger partial charge in [-0.05, 0) is 27.7 Å². The van der Waals surface area contributed by atoms with Crippen molar-refractivity contribution in [1.82, 2.24) is 5.32 Å². The van der Waals surface area contributed by atoms with Gasteiger partial charge in [-0.3, -0.25) is 4.79 Å². The average molecular weight is 307 g/mol. The summed E-state index contributed by atoms with van der Waals surface area (Å²) in [6.07, 6.45) is -0.716. The van der Waals surface area contributed by atoms with Gasteiger partial charge in [-0.1, -0.05) is 30.3 Å². The van der Waals surface area contributed by atoms with Crippen LogP contribution >= 0.6 is 0 Å². The van der Waals surface area contributed by atoms with E-state index in [1.165, 1.54) is 6.92 Å². The third-order valence-electron chi connectivity index (χ3n) is 2.53. The van der Waals surface area contributed by atoms with Crippen LogP contribution in [0, 0.1) is 0 Å². The molecule has 1 aromatic carbocycles. The van der Waals surface area contributed by atoms with Crippen LogP contribution < -0.4 is 5.32 Å².